The molecule has 1 amide bonds. The molecule has 11 heteroatoms. The Morgan fingerprint density at radius 1 is 1.00 bits per heavy atom. The van der Waals surface area contributed by atoms with Gasteiger partial charge in [0.05, 0.1) is 22.6 Å². The van der Waals surface area contributed by atoms with Gasteiger partial charge in [-0.25, -0.2) is 13.2 Å². The molecule has 0 aliphatic heterocycles. The zero-order valence-corrected chi connectivity index (χ0v) is 21.2. The quantitative estimate of drug-likeness (QED) is 0.194. The second-order valence-corrected chi connectivity index (χ2v) is 10.1. The number of non-ortho nitro benzene ring substituents is 1. The van der Waals surface area contributed by atoms with E-state index in [1.807, 2.05) is 0 Å². The highest BCUT2D eigenvalue weighted by molar-refractivity contribution is 7.93. The number of carbonyl (C=O) groups excluding carboxylic acids is 2. The minimum Gasteiger partial charge on any atom is -0.465 e. The number of sulfonamides is 1. The first-order chi connectivity index (χ1) is 17.4. The highest BCUT2D eigenvalue weighted by Crippen LogP contribution is 2.34. The summed E-state index contributed by atoms with van der Waals surface area (Å²) in [5.74, 6) is -1.45. The number of amides is 1. The van der Waals surface area contributed by atoms with Crippen molar-refractivity contribution in [2.24, 2.45) is 0 Å². The second-order valence-electron chi connectivity index (χ2n) is 8.36. The summed E-state index contributed by atoms with van der Waals surface area (Å²) in [5.41, 5.74) is 0.940. The average molecular weight is 523 g/mol. The number of anilines is 1. The van der Waals surface area contributed by atoms with Gasteiger partial charge in [-0.1, -0.05) is 23.8 Å². The van der Waals surface area contributed by atoms with E-state index in [9.17, 15) is 28.1 Å². The Morgan fingerprint density at radius 2 is 1.73 bits per heavy atom. The van der Waals surface area contributed by atoms with Crippen LogP contribution in [0.4, 0.5) is 11.4 Å². The van der Waals surface area contributed by atoms with E-state index in [4.69, 9.17) is 9.15 Å². The Labute approximate surface area is 212 Å². The molecule has 0 N–H and O–H groups in total. The minimum absolute atomic E-state index is 0.0880. The molecule has 3 aromatic carbocycles. The first-order valence-corrected chi connectivity index (χ1v) is 12.4. The summed E-state index contributed by atoms with van der Waals surface area (Å²) in [7, 11) is -3.31. The number of nitro benzene ring substituents is 1. The fourth-order valence-electron chi connectivity index (χ4n) is 4.11. The van der Waals surface area contributed by atoms with Crippen LogP contribution in [0, 0.1) is 30.9 Å². The zero-order chi connectivity index (χ0) is 27.1. The van der Waals surface area contributed by atoms with Crippen molar-refractivity contribution in [3.8, 4) is 0 Å². The number of hydrogen-bond acceptors (Lipinski definition) is 8. The van der Waals surface area contributed by atoms with Crippen LogP contribution in [0.3, 0.4) is 0 Å². The number of benzene rings is 3. The predicted octanol–water partition coefficient (Wildman–Crippen LogP) is 5.09. The average Bonchev–Trinajstić information content (AvgIpc) is 3.18. The Kier molecular flexibility index (Phi) is 6.57. The Bertz CT molecular complexity index is 1690. The van der Waals surface area contributed by atoms with Crippen molar-refractivity contribution in [2.75, 3.05) is 11.4 Å². The third-order valence-electron chi connectivity index (χ3n) is 5.81. The van der Waals surface area contributed by atoms with Gasteiger partial charge in [0.15, 0.2) is 0 Å². The Morgan fingerprint density at radius 3 is 2.38 bits per heavy atom. The monoisotopic (exact) mass is 522 g/mol. The second kappa shape index (κ2) is 9.51. The van der Waals surface area contributed by atoms with Gasteiger partial charge in [-0.05, 0) is 56.7 Å². The molecule has 1 heterocycles. The lowest BCUT2D eigenvalue weighted by Gasteiger charge is -2.24. The van der Waals surface area contributed by atoms with Gasteiger partial charge in [0.2, 0.25) is 0 Å². The third kappa shape index (κ3) is 4.56. The number of nitro groups is 1. The summed E-state index contributed by atoms with van der Waals surface area (Å²) in [6, 6.07) is 13.6. The van der Waals surface area contributed by atoms with Gasteiger partial charge < -0.3 is 9.15 Å². The predicted molar refractivity (Wildman–Crippen MR) is 135 cm³/mol. The first kappa shape index (κ1) is 25.6. The molecule has 4 rings (SSSR count). The van der Waals surface area contributed by atoms with Crippen molar-refractivity contribution in [2.45, 2.75) is 25.7 Å². The number of aryl methyl sites for hydroxylation is 3. The smallest absolute Gasteiger partial charge is 0.342 e. The molecule has 0 atom stereocenters. The zero-order valence-electron chi connectivity index (χ0n) is 20.3. The molecule has 0 fully saturated rings. The van der Waals surface area contributed by atoms with Crippen molar-refractivity contribution in [3.05, 3.63) is 98.8 Å². The van der Waals surface area contributed by atoms with E-state index >= 15 is 0 Å². The Hall–Kier alpha value is -4.51. The van der Waals surface area contributed by atoms with Crippen molar-refractivity contribution < 1.29 is 32.1 Å². The molecule has 0 saturated carbocycles. The normalized spacial score (nSPS) is 11.4. The highest BCUT2D eigenvalue weighted by atomic mass is 32.2. The van der Waals surface area contributed by atoms with Crippen LogP contribution in [0.2, 0.25) is 0 Å². The first-order valence-electron chi connectivity index (χ1n) is 11.0. The maximum Gasteiger partial charge on any atom is 0.342 e. The minimum atomic E-state index is -4.52. The van der Waals surface area contributed by atoms with Crippen LogP contribution in [-0.4, -0.2) is 32.3 Å². The number of esters is 1. The number of fused-ring (bicyclic) bond motifs is 1. The summed E-state index contributed by atoms with van der Waals surface area (Å²) in [4.78, 5) is 36.6. The van der Waals surface area contributed by atoms with E-state index in [0.29, 0.717) is 9.87 Å². The summed E-state index contributed by atoms with van der Waals surface area (Å²) in [5, 5.41) is 11.5. The Balaban J connectivity index is 1.99. The molecule has 4 aromatic rings. The molecule has 0 radical (unpaired) electrons. The molecule has 0 saturated heterocycles. The molecule has 190 valence electrons. The van der Waals surface area contributed by atoms with Crippen LogP contribution in [-0.2, 0) is 14.8 Å². The van der Waals surface area contributed by atoms with Gasteiger partial charge in [-0.3, -0.25) is 14.9 Å². The number of nitrogens with zero attached hydrogens (tertiary/aromatic N) is 2. The van der Waals surface area contributed by atoms with Gasteiger partial charge in [-0.15, -0.1) is 0 Å². The van der Waals surface area contributed by atoms with Crippen LogP contribution in [0.1, 0.15) is 37.6 Å². The van der Waals surface area contributed by atoms with Crippen LogP contribution >= 0.6 is 0 Å². The summed E-state index contributed by atoms with van der Waals surface area (Å²) >= 11 is 0. The fraction of sp³-hybridized carbons (Fsp3) is 0.154. The molecular formula is C26H22N2O8S. The van der Waals surface area contributed by atoms with E-state index in [2.05, 4.69) is 0 Å². The molecule has 0 aliphatic rings. The van der Waals surface area contributed by atoms with Crippen LogP contribution in [0.15, 0.2) is 70.0 Å². The van der Waals surface area contributed by atoms with Crippen molar-refractivity contribution in [1.82, 2.24) is 0 Å². The molecule has 10 nitrogen and oxygen atoms in total. The maximum absolute atomic E-state index is 14.0. The lowest BCUT2D eigenvalue weighted by atomic mass is 10.1. The lowest BCUT2D eigenvalue weighted by Crippen LogP contribution is -2.37. The number of furan rings is 1. The molecular weight excluding hydrogens is 500 g/mol. The standard InChI is InChI=1S/C26H22N2O8S/c1-15-8-11-23(16(2)12-15)37(33,34)27(25(29)18-6-5-7-20(13-18)28(31)32)19-9-10-22-21(14-19)24(17(3)36-22)26(30)35-4/h5-14H,1-4H3. The molecule has 0 bridgehead atoms. The lowest BCUT2D eigenvalue weighted by molar-refractivity contribution is -0.384. The number of methoxy groups -OCH3 is 1. The van der Waals surface area contributed by atoms with Gasteiger partial charge in [0.25, 0.3) is 21.6 Å². The van der Waals surface area contributed by atoms with E-state index in [0.717, 1.165) is 11.6 Å². The van der Waals surface area contributed by atoms with Crippen molar-refractivity contribution >= 4 is 44.2 Å². The van der Waals surface area contributed by atoms with Crippen molar-refractivity contribution in [1.29, 1.82) is 0 Å². The molecule has 37 heavy (non-hydrogen) atoms. The van der Waals surface area contributed by atoms with E-state index in [1.165, 1.54) is 49.6 Å². The van der Waals surface area contributed by atoms with E-state index in [1.54, 1.807) is 32.9 Å². The SMILES string of the molecule is COC(=O)c1c(C)oc2ccc(N(C(=O)c3cccc([N+](=O)[O-])c3)S(=O)(=O)c3ccc(C)cc3C)cc12. The summed E-state index contributed by atoms with van der Waals surface area (Å²) in [6.45, 7) is 4.97. The van der Waals surface area contributed by atoms with E-state index < -0.39 is 26.8 Å². The molecule has 1 aromatic heterocycles. The number of rotatable bonds is 6. The van der Waals surface area contributed by atoms with Crippen LogP contribution in [0.25, 0.3) is 11.0 Å². The number of carbonyl (C=O) groups is 2. The molecule has 0 spiro atoms. The van der Waals surface area contributed by atoms with Gasteiger partial charge in [-0.2, -0.15) is 4.31 Å². The van der Waals surface area contributed by atoms with Crippen LogP contribution in [0.5, 0.6) is 0 Å². The largest absolute Gasteiger partial charge is 0.465 e. The molecule has 0 aliphatic carbocycles. The van der Waals surface area contributed by atoms with Gasteiger partial charge in [0.1, 0.15) is 16.9 Å². The fourth-order valence-corrected chi connectivity index (χ4v) is 5.73. The van der Waals surface area contributed by atoms with Crippen LogP contribution < -0.4 is 4.31 Å². The number of hydrogen-bond donors (Lipinski definition) is 0. The third-order valence-corrected chi connectivity index (χ3v) is 7.68. The van der Waals surface area contributed by atoms with Gasteiger partial charge in [0, 0.05) is 23.1 Å². The maximum atomic E-state index is 14.0. The molecule has 0 unspecified atom stereocenters. The van der Waals surface area contributed by atoms with E-state index in [-0.39, 0.29) is 44.1 Å². The van der Waals surface area contributed by atoms with Gasteiger partial charge >= 0.3 is 5.97 Å². The highest BCUT2D eigenvalue weighted by Gasteiger charge is 2.34. The summed E-state index contributed by atoms with van der Waals surface area (Å²) in [6.07, 6.45) is 0. The topological polar surface area (TPSA) is 137 Å². The number of ether oxygens (including phenoxy) is 1. The van der Waals surface area contributed by atoms with Crippen molar-refractivity contribution in [3.63, 3.8) is 0 Å². The summed E-state index contributed by atoms with van der Waals surface area (Å²) < 4.78 is 39.0.